The zero-order valence-electron chi connectivity index (χ0n) is 11.0. The SMILES string of the molecule is CC1CN(C(=O)c2cc([N+](=O)[O-])ccc2I)CCCO1. The summed E-state index contributed by atoms with van der Waals surface area (Å²) in [5, 5.41) is 10.8. The molecule has 1 aliphatic heterocycles. The number of carbonyl (C=O) groups is 1. The van der Waals surface area contributed by atoms with Crippen molar-refractivity contribution < 1.29 is 14.5 Å². The lowest BCUT2D eigenvalue weighted by molar-refractivity contribution is -0.384. The Morgan fingerprint density at radius 1 is 1.55 bits per heavy atom. The first-order chi connectivity index (χ1) is 9.49. The normalized spacial score (nSPS) is 19.5. The maximum Gasteiger partial charge on any atom is 0.270 e. The van der Waals surface area contributed by atoms with Crippen molar-refractivity contribution in [3.8, 4) is 0 Å². The highest BCUT2D eigenvalue weighted by atomic mass is 127. The molecule has 1 aromatic rings. The van der Waals surface area contributed by atoms with Gasteiger partial charge in [0, 0.05) is 35.4 Å². The topological polar surface area (TPSA) is 72.7 Å². The molecule has 1 unspecified atom stereocenters. The number of nitro groups is 1. The van der Waals surface area contributed by atoms with Crippen molar-refractivity contribution in [1.82, 2.24) is 4.90 Å². The molecule has 1 aliphatic rings. The number of nitrogens with zero attached hydrogens (tertiary/aromatic N) is 2. The first kappa shape index (κ1) is 15.2. The van der Waals surface area contributed by atoms with Gasteiger partial charge in [-0.15, -0.1) is 0 Å². The van der Waals surface area contributed by atoms with E-state index in [-0.39, 0.29) is 17.7 Å². The first-order valence-electron chi connectivity index (χ1n) is 6.34. The molecule has 1 amide bonds. The molecule has 108 valence electrons. The summed E-state index contributed by atoms with van der Waals surface area (Å²) in [4.78, 5) is 24.6. The fraction of sp³-hybridized carbons (Fsp3) is 0.462. The van der Waals surface area contributed by atoms with Crippen LogP contribution in [-0.4, -0.2) is 41.5 Å². The summed E-state index contributed by atoms with van der Waals surface area (Å²) < 4.78 is 6.23. The second-order valence-corrected chi connectivity index (χ2v) is 5.87. The van der Waals surface area contributed by atoms with Crippen molar-refractivity contribution >= 4 is 34.2 Å². The van der Waals surface area contributed by atoms with Gasteiger partial charge in [0.1, 0.15) is 0 Å². The van der Waals surface area contributed by atoms with Crippen molar-refractivity contribution in [2.45, 2.75) is 19.4 Å². The Morgan fingerprint density at radius 2 is 2.30 bits per heavy atom. The van der Waals surface area contributed by atoms with Crippen LogP contribution in [0.4, 0.5) is 5.69 Å². The lowest BCUT2D eigenvalue weighted by Crippen LogP contribution is -2.36. The Balaban J connectivity index is 2.27. The summed E-state index contributed by atoms with van der Waals surface area (Å²) in [5.74, 6) is -0.171. The highest BCUT2D eigenvalue weighted by molar-refractivity contribution is 14.1. The molecular weight excluding hydrogens is 375 g/mol. The second-order valence-electron chi connectivity index (χ2n) is 4.71. The predicted octanol–water partition coefficient (Wildman–Crippen LogP) is 2.45. The fourth-order valence-corrected chi connectivity index (χ4v) is 2.71. The number of benzene rings is 1. The Hall–Kier alpha value is -1.22. The highest BCUT2D eigenvalue weighted by Crippen LogP contribution is 2.22. The van der Waals surface area contributed by atoms with E-state index in [0.717, 1.165) is 9.99 Å². The molecule has 1 aromatic carbocycles. The molecule has 1 fully saturated rings. The molecule has 2 rings (SSSR count). The van der Waals surface area contributed by atoms with Crippen molar-refractivity contribution in [3.63, 3.8) is 0 Å². The third-order valence-electron chi connectivity index (χ3n) is 3.13. The molecule has 0 saturated carbocycles. The molecule has 20 heavy (non-hydrogen) atoms. The van der Waals surface area contributed by atoms with Crippen LogP contribution in [0.15, 0.2) is 18.2 Å². The van der Waals surface area contributed by atoms with Gasteiger partial charge in [-0.2, -0.15) is 0 Å². The second kappa shape index (κ2) is 6.49. The molecule has 0 aliphatic carbocycles. The zero-order valence-corrected chi connectivity index (χ0v) is 13.2. The van der Waals surface area contributed by atoms with Crippen molar-refractivity contribution in [1.29, 1.82) is 0 Å². The van der Waals surface area contributed by atoms with E-state index in [1.54, 1.807) is 11.0 Å². The average molecular weight is 390 g/mol. The van der Waals surface area contributed by atoms with Crippen LogP contribution in [0.2, 0.25) is 0 Å². The molecule has 0 radical (unpaired) electrons. The van der Waals surface area contributed by atoms with Crippen molar-refractivity contribution in [2.24, 2.45) is 0 Å². The monoisotopic (exact) mass is 390 g/mol. The predicted molar refractivity (Wildman–Crippen MR) is 81.7 cm³/mol. The van der Waals surface area contributed by atoms with Gasteiger partial charge in [0.25, 0.3) is 11.6 Å². The summed E-state index contributed by atoms with van der Waals surface area (Å²) in [5.41, 5.74) is 0.321. The minimum atomic E-state index is -0.485. The van der Waals surface area contributed by atoms with Gasteiger partial charge < -0.3 is 9.64 Å². The van der Waals surface area contributed by atoms with Gasteiger partial charge in [0.05, 0.1) is 16.6 Å². The van der Waals surface area contributed by atoms with Crippen LogP contribution in [-0.2, 0) is 4.74 Å². The minimum Gasteiger partial charge on any atom is -0.377 e. The van der Waals surface area contributed by atoms with Crippen molar-refractivity contribution in [3.05, 3.63) is 37.4 Å². The highest BCUT2D eigenvalue weighted by Gasteiger charge is 2.24. The van der Waals surface area contributed by atoms with Gasteiger partial charge in [-0.3, -0.25) is 14.9 Å². The molecule has 0 bridgehead atoms. The minimum absolute atomic E-state index is 0.0159. The van der Waals surface area contributed by atoms with E-state index in [4.69, 9.17) is 4.74 Å². The lowest BCUT2D eigenvalue weighted by Gasteiger charge is -2.22. The standard InChI is InChI=1S/C13H15IN2O4/c1-9-8-15(5-2-6-20-9)13(17)11-7-10(16(18)19)3-4-12(11)14/h3-4,7,9H,2,5-6,8H2,1H3. The molecule has 1 heterocycles. The van der Waals surface area contributed by atoms with E-state index in [2.05, 4.69) is 0 Å². The van der Waals surface area contributed by atoms with E-state index >= 15 is 0 Å². The number of amides is 1. The average Bonchev–Trinajstić information content (AvgIpc) is 2.63. The third-order valence-corrected chi connectivity index (χ3v) is 4.07. The van der Waals surface area contributed by atoms with Crippen LogP contribution in [0.1, 0.15) is 23.7 Å². The number of hydrogen-bond acceptors (Lipinski definition) is 4. The smallest absolute Gasteiger partial charge is 0.270 e. The summed E-state index contributed by atoms with van der Waals surface area (Å²) in [6.45, 7) is 3.68. The van der Waals surface area contributed by atoms with Gasteiger partial charge in [0.15, 0.2) is 0 Å². The van der Waals surface area contributed by atoms with Gasteiger partial charge in [0.2, 0.25) is 0 Å². The van der Waals surface area contributed by atoms with Gasteiger partial charge in [-0.1, -0.05) is 0 Å². The molecule has 1 saturated heterocycles. The van der Waals surface area contributed by atoms with Crippen LogP contribution in [0, 0.1) is 13.7 Å². The van der Waals surface area contributed by atoms with Crippen LogP contribution < -0.4 is 0 Å². The molecule has 0 aromatic heterocycles. The van der Waals surface area contributed by atoms with E-state index in [9.17, 15) is 14.9 Å². The van der Waals surface area contributed by atoms with E-state index in [1.165, 1.54) is 12.1 Å². The van der Waals surface area contributed by atoms with E-state index in [0.29, 0.717) is 25.3 Å². The maximum atomic E-state index is 12.5. The number of hydrogen-bond donors (Lipinski definition) is 0. The Kier molecular flexibility index (Phi) is 4.92. The summed E-state index contributed by atoms with van der Waals surface area (Å²) in [7, 11) is 0. The van der Waals surface area contributed by atoms with Crippen LogP contribution >= 0.6 is 22.6 Å². The quantitative estimate of drug-likeness (QED) is 0.442. The van der Waals surface area contributed by atoms with Crippen LogP contribution in [0.3, 0.4) is 0 Å². The molecule has 1 atom stereocenters. The van der Waals surface area contributed by atoms with Crippen LogP contribution in [0.25, 0.3) is 0 Å². The van der Waals surface area contributed by atoms with Gasteiger partial charge in [-0.05, 0) is 42.0 Å². The Labute approximate surface area is 130 Å². The Morgan fingerprint density at radius 3 is 3.00 bits per heavy atom. The fourth-order valence-electron chi connectivity index (χ4n) is 2.14. The number of halogens is 1. The van der Waals surface area contributed by atoms with E-state index in [1.807, 2.05) is 29.5 Å². The Bertz CT molecular complexity index is 535. The van der Waals surface area contributed by atoms with Crippen molar-refractivity contribution in [2.75, 3.05) is 19.7 Å². The van der Waals surface area contributed by atoms with Gasteiger partial charge >= 0.3 is 0 Å². The molecule has 7 heteroatoms. The molecule has 6 nitrogen and oxygen atoms in total. The molecule has 0 spiro atoms. The zero-order chi connectivity index (χ0) is 14.7. The first-order valence-corrected chi connectivity index (χ1v) is 7.41. The third kappa shape index (κ3) is 3.45. The maximum absolute atomic E-state index is 12.5. The number of carbonyl (C=O) groups excluding carboxylic acids is 1. The summed E-state index contributed by atoms with van der Waals surface area (Å²) in [6, 6.07) is 4.36. The largest absolute Gasteiger partial charge is 0.377 e. The lowest BCUT2D eigenvalue weighted by atomic mass is 10.1. The van der Waals surface area contributed by atoms with Crippen LogP contribution in [0.5, 0.6) is 0 Å². The number of ether oxygens (including phenoxy) is 1. The number of nitro benzene ring substituents is 1. The summed E-state index contributed by atoms with van der Waals surface area (Å²) in [6.07, 6.45) is 0.763. The van der Waals surface area contributed by atoms with E-state index < -0.39 is 4.92 Å². The molecule has 0 N–H and O–H groups in total. The number of non-ortho nitro benzene ring substituents is 1. The number of rotatable bonds is 2. The van der Waals surface area contributed by atoms with Gasteiger partial charge in [-0.25, -0.2) is 0 Å². The molecular formula is C13H15IN2O4. The summed E-state index contributed by atoms with van der Waals surface area (Å²) >= 11 is 2.03.